The van der Waals surface area contributed by atoms with Crippen LogP contribution < -0.4 is 5.73 Å². The highest BCUT2D eigenvalue weighted by atomic mass is 32.2. The van der Waals surface area contributed by atoms with Gasteiger partial charge in [0.05, 0.1) is 11.4 Å². The molecule has 0 unspecified atom stereocenters. The fourth-order valence-electron chi connectivity index (χ4n) is 2.68. The van der Waals surface area contributed by atoms with Gasteiger partial charge in [-0.2, -0.15) is 0 Å². The molecule has 0 aromatic carbocycles. The molecule has 1 fully saturated rings. The van der Waals surface area contributed by atoms with Crippen LogP contribution in [-0.2, 0) is 14.3 Å². The van der Waals surface area contributed by atoms with Crippen molar-refractivity contribution in [2.45, 2.75) is 60.0 Å². The van der Waals surface area contributed by atoms with Gasteiger partial charge in [-0.1, -0.05) is 17.8 Å². The molecular formula is C20H29N3O4S. The lowest BCUT2D eigenvalue weighted by Gasteiger charge is -2.19. The largest absolute Gasteiger partial charge is 0.456 e. The van der Waals surface area contributed by atoms with E-state index in [1.807, 2.05) is 6.92 Å². The number of likely N-dealkylation sites (tertiary alicyclic amines) is 1. The number of ether oxygens (including phenoxy) is 2. The van der Waals surface area contributed by atoms with Gasteiger partial charge in [-0.3, -0.25) is 0 Å². The predicted molar refractivity (Wildman–Crippen MR) is 112 cm³/mol. The molecule has 0 aromatic rings. The van der Waals surface area contributed by atoms with E-state index in [9.17, 15) is 9.59 Å². The number of nitrogens with zero attached hydrogens (tertiary/aromatic N) is 2. The van der Waals surface area contributed by atoms with Crippen LogP contribution >= 0.6 is 11.8 Å². The first-order valence-electron chi connectivity index (χ1n) is 9.34. The molecule has 7 nitrogen and oxygen atoms in total. The van der Waals surface area contributed by atoms with Gasteiger partial charge >= 0.3 is 12.1 Å². The van der Waals surface area contributed by atoms with E-state index in [0.717, 1.165) is 25.9 Å². The minimum atomic E-state index is -0.614. The molecule has 8 heteroatoms. The highest BCUT2D eigenvalue weighted by Crippen LogP contribution is 2.37. The molecule has 2 aliphatic rings. The van der Waals surface area contributed by atoms with Crippen LogP contribution in [0.1, 0.15) is 54.4 Å². The smallest absolute Gasteiger partial charge is 0.414 e. The van der Waals surface area contributed by atoms with E-state index in [2.05, 4.69) is 4.99 Å². The Morgan fingerprint density at radius 2 is 1.82 bits per heavy atom. The van der Waals surface area contributed by atoms with Gasteiger partial charge in [-0.25, -0.2) is 14.6 Å². The van der Waals surface area contributed by atoms with E-state index in [4.69, 9.17) is 15.2 Å². The Bertz CT molecular complexity index is 782. The topological polar surface area (TPSA) is 94.2 Å². The zero-order valence-corrected chi connectivity index (χ0v) is 18.2. The van der Waals surface area contributed by atoms with Crippen molar-refractivity contribution in [1.82, 2.24) is 4.90 Å². The first-order valence-corrected chi connectivity index (χ1v) is 10.2. The summed E-state index contributed by atoms with van der Waals surface area (Å²) in [5, 5.41) is 0.579. The van der Waals surface area contributed by atoms with Gasteiger partial charge in [-0.05, 0) is 54.4 Å². The summed E-state index contributed by atoms with van der Waals surface area (Å²) in [6, 6.07) is 0. The molecule has 2 N–H and O–H groups in total. The maximum Gasteiger partial charge on any atom is 0.414 e. The fraction of sp³-hybridized carbons (Fsp3) is 0.550. The SMILES string of the molecule is C\C=C1/C(N)=C(C(=O)OC(C)(C)C)S/C1=N\C(C)=C(/C)OC(=O)N1CCCC1. The number of nitrogens with two attached hydrogens (primary N) is 1. The quantitative estimate of drug-likeness (QED) is 0.560. The third-order valence-corrected chi connectivity index (χ3v) is 5.32. The molecule has 0 aliphatic carbocycles. The summed E-state index contributed by atoms with van der Waals surface area (Å²) < 4.78 is 10.9. The summed E-state index contributed by atoms with van der Waals surface area (Å²) in [5.74, 6) is -0.0527. The third-order valence-electron chi connectivity index (χ3n) is 4.22. The van der Waals surface area contributed by atoms with Crippen molar-refractivity contribution in [3.63, 3.8) is 0 Å². The molecule has 2 aliphatic heterocycles. The van der Waals surface area contributed by atoms with Crippen molar-refractivity contribution in [1.29, 1.82) is 0 Å². The first kappa shape index (κ1) is 22.1. The molecule has 0 bridgehead atoms. The number of hydrogen-bond acceptors (Lipinski definition) is 7. The second-order valence-corrected chi connectivity index (χ2v) is 8.67. The van der Waals surface area contributed by atoms with E-state index in [1.165, 1.54) is 11.8 Å². The van der Waals surface area contributed by atoms with Crippen LogP contribution in [0.3, 0.4) is 0 Å². The Labute approximate surface area is 170 Å². The van der Waals surface area contributed by atoms with Gasteiger partial charge in [-0.15, -0.1) is 0 Å². The van der Waals surface area contributed by atoms with Crippen molar-refractivity contribution >= 4 is 28.9 Å². The molecule has 0 atom stereocenters. The molecule has 28 heavy (non-hydrogen) atoms. The number of esters is 1. The molecule has 2 rings (SSSR count). The summed E-state index contributed by atoms with van der Waals surface area (Å²) in [6.07, 6.45) is 3.45. The molecule has 0 radical (unpaired) electrons. The van der Waals surface area contributed by atoms with Crippen molar-refractivity contribution in [3.8, 4) is 0 Å². The van der Waals surface area contributed by atoms with Gasteiger partial charge in [0.15, 0.2) is 0 Å². The highest BCUT2D eigenvalue weighted by Gasteiger charge is 2.32. The molecule has 2 heterocycles. The number of carbonyl (C=O) groups excluding carboxylic acids is 2. The fourth-order valence-corrected chi connectivity index (χ4v) is 3.74. The van der Waals surface area contributed by atoms with Crippen LogP contribution in [0.5, 0.6) is 0 Å². The van der Waals surface area contributed by atoms with E-state index >= 15 is 0 Å². The Kier molecular flexibility index (Phi) is 6.98. The van der Waals surface area contributed by atoms with Crippen molar-refractivity contribution in [2.75, 3.05) is 13.1 Å². The van der Waals surface area contributed by atoms with Gasteiger partial charge in [0.25, 0.3) is 0 Å². The maximum atomic E-state index is 12.4. The third kappa shape index (κ3) is 5.41. The molecule has 0 aromatic heterocycles. The zero-order valence-electron chi connectivity index (χ0n) is 17.4. The number of hydrogen-bond donors (Lipinski definition) is 1. The highest BCUT2D eigenvalue weighted by molar-refractivity contribution is 8.19. The standard InChI is InChI=1S/C20H29N3O4S/c1-7-14-15(21)16(18(24)27-20(4,5)6)28-17(14)22-12(2)13(3)26-19(25)23-10-8-9-11-23/h7H,8-11,21H2,1-6H3/b13-12+,14-7+,22-17-. The zero-order chi connectivity index (χ0) is 21.1. The lowest BCUT2D eigenvalue weighted by Crippen LogP contribution is -2.28. The Hall–Kier alpha value is -2.22. The number of carbonyl (C=O) groups is 2. The average Bonchev–Trinajstić information content (AvgIpc) is 3.21. The van der Waals surface area contributed by atoms with E-state index in [1.54, 1.807) is 45.6 Å². The van der Waals surface area contributed by atoms with Crippen LogP contribution in [0.4, 0.5) is 4.79 Å². The van der Waals surface area contributed by atoms with Gasteiger partial charge in [0.2, 0.25) is 0 Å². The van der Waals surface area contributed by atoms with Crippen molar-refractivity contribution in [3.05, 3.63) is 33.7 Å². The minimum absolute atomic E-state index is 0.321. The van der Waals surface area contributed by atoms with Crippen LogP contribution in [0.15, 0.2) is 38.7 Å². The number of allylic oxidation sites excluding steroid dienone is 4. The second kappa shape index (κ2) is 8.86. The molecule has 1 amide bonds. The summed E-state index contributed by atoms with van der Waals surface area (Å²) in [7, 11) is 0. The van der Waals surface area contributed by atoms with Gasteiger partial charge < -0.3 is 20.1 Å². The second-order valence-electron chi connectivity index (χ2n) is 7.67. The maximum absolute atomic E-state index is 12.4. The van der Waals surface area contributed by atoms with Crippen LogP contribution in [0.2, 0.25) is 0 Å². The molecule has 0 saturated carbocycles. The average molecular weight is 408 g/mol. The Morgan fingerprint density at radius 1 is 1.21 bits per heavy atom. The van der Waals surface area contributed by atoms with Crippen LogP contribution in [0.25, 0.3) is 0 Å². The Balaban J connectivity index is 2.18. The van der Waals surface area contributed by atoms with E-state index in [-0.39, 0.29) is 6.09 Å². The predicted octanol–water partition coefficient (Wildman–Crippen LogP) is 4.07. The van der Waals surface area contributed by atoms with E-state index in [0.29, 0.717) is 32.7 Å². The number of aliphatic imine (C=N–C) groups is 1. The summed E-state index contributed by atoms with van der Waals surface area (Å²) >= 11 is 1.17. The normalized spacial score (nSPS) is 21.4. The monoisotopic (exact) mass is 407 g/mol. The summed E-state index contributed by atoms with van der Waals surface area (Å²) in [6.45, 7) is 12.1. The minimum Gasteiger partial charge on any atom is -0.456 e. The van der Waals surface area contributed by atoms with Crippen LogP contribution in [0, 0.1) is 0 Å². The van der Waals surface area contributed by atoms with Crippen molar-refractivity contribution < 1.29 is 19.1 Å². The summed E-state index contributed by atoms with van der Waals surface area (Å²) in [4.78, 5) is 31.2. The number of rotatable bonds is 3. The Morgan fingerprint density at radius 3 is 2.36 bits per heavy atom. The number of thioether (sulfide) groups is 1. The van der Waals surface area contributed by atoms with Gasteiger partial charge in [0.1, 0.15) is 21.3 Å². The van der Waals surface area contributed by atoms with Crippen molar-refractivity contribution in [2.24, 2.45) is 10.7 Å². The van der Waals surface area contributed by atoms with E-state index < -0.39 is 11.6 Å². The van der Waals surface area contributed by atoms with Gasteiger partial charge in [0, 0.05) is 18.7 Å². The molecule has 154 valence electrons. The molecule has 1 saturated heterocycles. The lowest BCUT2D eigenvalue weighted by atomic mass is 10.2. The lowest BCUT2D eigenvalue weighted by molar-refractivity contribution is -0.148. The number of amides is 1. The molecular weight excluding hydrogens is 378 g/mol. The summed E-state index contributed by atoms with van der Waals surface area (Å²) in [5.41, 5.74) is 7.11. The first-order chi connectivity index (χ1) is 13.0. The molecule has 0 spiro atoms. The van der Waals surface area contributed by atoms with Crippen LogP contribution in [-0.4, -0.2) is 40.7 Å².